The molecule has 0 spiro atoms. The number of aryl methyl sites for hydroxylation is 1. The average molecular weight is 550 g/mol. The number of carbonyl (C=O) groups is 3. The van der Waals surface area contributed by atoms with Crippen molar-refractivity contribution in [3.05, 3.63) is 55.7 Å². The van der Waals surface area contributed by atoms with Crippen LogP contribution in [0.4, 0.5) is 0 Å². The Balaban J connectivity index is 1.50. The molecule has 2 aliphatic heterocycles. The molecule has 3 heterocycles. The lowest BCUT2D eigenvalue weighted by Crippen LogP contribution is -2.48. The zero-order valence-corrected chi connectivity index (χ0v) is 22.1. The Kier molecular flexibility index (Phi) is 8.08. The van der Waals surface area contributed by atoms with Crippen LogP contribution in [0.1, 0.15) is 53.5 Å². The van der Waals surface area contributed by atoms with E-state index in [-0.39, 0.29) is 24.1 Å². The van der Waals surface area contributed by atoms with E-state index < -0.39 is 35.1 Å². The summed E-state index contributed by atoms with van der Waals surface area (Å²) >= 11 is 12.0. The van der Waals surface area contributed by atoms with Gasteiger partial charge >= 0.3 is 11.8 Å². The topological polar surface area (TPSA) is 134 Å². The number of benzene rings is 1. The molecule has 3 atom stereocenters. The Morgan fingerprint density at radius 1 is 1.19 bits per heavy atom. The monoisotopic (exact) mass is 549 g/mol. The van der Waals surface area contributed by atoms with Crippen LogP contribution in [0.2, 0.25) is 10.0 Å². The maximum Gasteiger partial charge on any atom is 0.311 e. The number of aromatic hydroxyl groups is 1. The Bertz CT molecular complexity index is 1290. The molecule has 1 saturated carbocycles. The van der Waals surface area contributed by atoms with Crippen LogP contribution < -0.4 is 16.2 Å². The molecule has 1 fully saturated rings. The maximum absolute atomic E-state index is 13.0. The van der Waals surface area contributed by atoms with E-state index >= 15 is 0 Å². The van der Waals surface area contributed by atoms with Gasteiger partial charge in [-0.3, -0.25) is 23.7 Å². The second-order valence-electron chi connectivity index (χ2n) is 9.76. The lowest BCUT2D eigenvalue weighted by molar-refractivity contribution is -0.144. The number of aromatic nitrogens is 2. The van der Waals surface area contributed by atoms with Gasteiger partial charge in [-0.15, -0.1) is 0 Å². The van der Waals surface area contributed by atoms with Crippen molar-refractivity contribution in [2.24, 2.45) is 5.92 Å². The van der Waals surface area contributed by atoms with E-state index in [1.54, 1.807) is 12.1 Å². The molecule has 1 aromatic heterocycles. The fourth-order valence-electron chi connectivity index (χ4n) is 5.04. The number of likely N-dealkylation sites (N-methyl/N-ethyl adjacent to an activating group) is 1. The van der Waals surface area contributed by atoms with E-state index in [2.05, 4.69) is 15.6 Å². The average Bonchev–Trinajstić information content (AvgIpc) is 3.13. The number of carbonyl (C=O) groups excluding carboxylic acids is 3. The van der Waals surface area contributed by atoms with Crippen LogP contribution in [0.25, 0.3) is 0 Å². The van der Waals surface area contributed by atoms with Crippen molar-refractivity contribution < 1.29 is 19.5 Å². The molecule has 1 aliphatic carbocycles. The first-order valence-corrected chi connectivity index (χ1v) is 12.9. The molecule has 1 aromatic carbocycles. The minimum Gasteiger partial charge on any atom is -0.501 e. The summed E-state index contributed by atoms with van der Waals surface area (Å²) in [6.07, 6.45) is 3.23. The highest BCUT2D eigenvalue weighted by atomic mass is 35.5. The van der Waals surface area contributed by atoms with Crippen LogP contribution in [0.15, 0.2) is 23.0 Å². The van der Waals surface area contributed by atoms with Crippen LogP contribution in [-0.4, -0.2) is 64.0 Å². The van der Waals surface area contributed by atoms with E-state index in [4.69, 9.17) is 23.2 Å². The largest absolute Gasteiger partial charge is 0.501 e. The van der Waals surface area contributed by atoms with Crippen molar-refractivity contribution in [2.45, 2.75) is 50.6 Å². The maximum atomic E-state index is 13.0. The molecule has 3 unspecified atom stereocenters. The van der Waals surface area contributed by atoms with E-state index in [1.165, 1.54) is 23.6 Å². The predicted molar refractivity (Wildman–Crippen MR) is 138 cm³/mol. The van der Waals surface area contributed by atoms with E-state index in [1.807, 2.05) is 6.07 Å². The molecular formula is C25H29Cl2N5O5. The first-order chi connectivity index (χ1) is 17.6. The molecule has 0 saturated heterocycles. The number of amides is 3. The predicted octanol–water partition coefficient (Wildman–Crippen LogP) is 2.09. The number of nitrogens with one attached hydrogen (secondary N) is 2. The van der Waals surface area contributed by atoms with Crippen LogP contribution in [-0.2, 0) is 22.6 Å². The summed E-state index contributed by atoms with van der Waals surface area (Å²) in [6, 6.07) is 4.92. The molecule has 3 aliphatic rings. The van der Waals surface area contributed by atoms with Crippen molar-refractivity contribution in [3.63, 3.8) is 0 Å². The van der Waals surface area contributed by atoms with Crippen molar-refractivity contribution >= 4 is 40.9 Å². The molecule has 5 rings (SSSR count). The Morgan fingerprint density at radius 3 is 2.65 bits per heavy atom. The molecule has 0 radical (unpaired) electrons. The van der Waals surface area contributed by atoms with Crippen LogP contribution in [0.5, 0.6) is 5.75 Å². The fraction of sp³-hybridized carbons (Fsp3) is 0.480. The standard InChI is InChI=1S/C25H29Cl2N5O5/c1-31(2)25(37)23(35)29-18-11-14-5-7-15(18)21-30-19(20(33)24(36)32(21)12-14)22(34)28-9-3-4-13-6-8-16(26)17(27)10-13/h6,8,10,14-15,18,33H,3-5,7,9,11-12H2,1-2H3,(H,28,34)(H,29,35). The SMILES string of the molecule is CN(C)C(=O)C(=O)NC1CC2CCC1c1nc(C(=O)NCCCc3ccc(Cl)c(Cl)c3)c(O)c(=O)n1C2. The quantitative estimate of drug-likeness (QED) is 0.373. The molecule has 3 amide bonds. The zero-order chi connectivity index (χ0) is 26.9. The van der Waals surface area contributed by atoms with Gasteiger partial charge in [0.2, 0.25) is 5.75 Å². The normalized spacial score (nSPS) is 20.1. The van der Waals surface area contributed by atoms with Gasteiger partial charge in [0.15, 0.2) is 5.69 Å². The zero-order valence-electron chi connectivity index (χ0n) is 20.6. The number of halogens is 2. The van der Waals surface area contributed by atoms with Crippen molar-refractivity contribution in [2.75, 3.05) is 20.6 Å². The van der Waals surface area contributed by atoms with Crippen LogP contribution in [0, 0.1) is 5.92 Å². The second-order valence-corrected chi connectivity index (χ2v) is 10.6. The van der Waals surface area contributed by atoms with Crippen molar-refractivity contribution in [3.8, 4) is 5.75 Å². The van der Waals surface area contributed by atoms with Gasteiger partial charge in [0.25, 0.3) is 11.5 Å². The van der Waals surface area contributed by atoms with Crippen molar-refractivity contribution in [1.29, 1.82) is 0 Å². The lowest BCUT2D eigenvalue weighted by atomic mass is 9.79. The molecule has 2 aromatic rings. The van der Waals surface area contributed by atoms with Gasteiger partial charge in [0, 0.05) is 39.1 Å². The summed E-state index contributed by atoms with van der Waals surface area (Å²) in [5.74, 6) is -2.72. The second kappa shape index (κ2) is 11.1. The summed E-state index contributed by atoms with van der Waals surface area (Å²) in [4.78, 5) is 56.1. The Labute approximate surface area is 224 Å². The van der Waals surface area contributed by atoms with E-state index in [0.717, 1.165) is 12.0 Å². The highest BCUT2D eigenvalue weighted by Gasteiger charge is 2.41. The third kappa shape index (κ3) is 5.75. The van der Waals surface area contributed by atoms with Crippen molar-refractivity contribution in [1.82, 2.24) is 25.1 Å². The highest BCUT2D eigenvalue weighted by Crippen LogP contribution is 2.40. The summed E-state index contributed by atoms with van der Waals surface area (Å²) in [5, 5.41) is 17.0. The number of hydrogen-bond acceptors (Lipinski definition) is 6. The van der Waals surface area contributed by atoms with Crippen LogP contribution >= 0.6 is 23.2 Å². The number of hydrogen-bond donors (Lipinski definition) is 3. The third-order valence-corrected chi connectivity index (χ3v) is 7.69. The first kappa shape index (κ1) is 26.9. The number of fused-ring (bicyclic) bond motifs is 2. The van der Waals surface area contributed by atoms with E-state index in [9.17, 15) is 24.3 Å². The lowest BCUT2D eigenvalue weighted by Gasteiger charge is -2.32. The Morgan fingerprint density at radius 2 is 1.95 bits per heavy atom. The molecule has 3 N–H and O–H groups in total. The summed E-state index contributed by atoms with van der Waals surface area (Å²) < 4.78 is 1.40. The van der Waals surface area contributed by atoms with Gasteiger partial charge in [0.05, 0.1) is 10.0 Å². The summed E-state index contributed by atoms with van der Waals surface area (Å²) in [6.45, 7) is 0.611. The van der Waals surface area contributed by atoms with E-state index in [0.29, 0.717) is 48.1 Å². The number of rotatable bonds is 6. The number of nitrogens with zero attached hydrogens (tertiary/aromatic N) is 3. The third-order valence-electron chi connectivity index (χ3n) is 6.95. The fourth-order valence-corrected chi connectivity index (χ4v) is 5.36. The molecule has 12 heteroatoms. The van der Waals surface area contributed by atoms with Crippen LogP contribution in [0.3, 0.4) is 0 Å². The first-order valence-electron chi connectivity index (χ1n) is 12.1. The summed E-state index contributed by atoms with van der Waals surface area (Å²) in [5.41, 5.74) is -0.0608. The Hall–Kier alpha value is -3.11. The molecule has 10 nitrogen and oxygen atoms in total. The van der Waals surface area contributed by atoms with Gasteiger partial charge < -0.3 is 20.6 Å². The molecule has 2 bridgehead atoms. The minimum absolute atomic E-state index is 0.0669. The van der Waals surface area contributed by atoms with Gasteiger partial charge in [-0.25, -0.2) is 4.98 Å². The highest BCUT2D eigenvalue weighted by molar-refractivity contribution is 6.42. The molecule has 37 heavy (non-hydrogen) atoms. The van der Waals surface area contributed by atoms with Gasteiger partial charge in [-0.1, -0.05) is 29.3 Å². The van der Waals surface area contributed by atoms with Gasteiger partial charge in [-0.05, 0) is 55.7 Å². The van der Waals surface area contributed by atoms with Gasteiger partial charge in [0.1, 0.15) is 5.82 Å². The van der Waals surface area contributed by atoms with Gasteiger partial charge in [-0.2, -0.15) is 0 Å². The smallest absolute Gasteiger partial charge is 0.311 e. The molecular weight excluding hydrogens is 521 g/mol. The minimum atomic E-state index is -0.727. The molecule has 198 valence electrons. The summed E-state index contributed by atoms with van der Waals surface area (Å²) in [7, 11) is 2.99.